The van der Waals surface area contributed by atoms with E-state index in [1.165, 1.54) is 12.1 Å². The van der Waals surface area contributed by atoms with E-state index in [1.54, 1.807) is 4.90 Å². The fourth-order valence-electron chi connectivity index (χ4n) is 2.65. The maximum absolute atomic E-state index is 12.7. The van der Waals surface area contributed by atoms with Crippen LogP contribution in [0.3, 0.4) is 0 Å². The first-order valence-corrected chi connectivity index (χ1v) is 7.82. The van der Waals surface area contributed by atoms with Crippen LogP contribution in [0.4, 0.5) is 13.2 Å². The zero-order valence-corrected chi connectivity index (χ0v) is 14.0. The molecule has 1 aromatic rings. The summed E-state index contributed by atoms with van der Waals surface area (Å²) in [5.41, 5.74) is -0.487. The van der Waals surface area contributed by atoms with E-state index < -0.39 is 11.7 Å². The van der Waals surface area contributed by atoms with Gasteiger partial charge in [-0.2, -0.15) is 13.2 Å². The van der Waals surface area contributed by atoms with Gasteiger partial charge in [-0.05, 0) is 45.1 Å². The highest BCUT2D eigenvalue weighted by Gasteiger charge is 2.33. The lowest BCUT2D eigenvalue weighted by atomic mass is 10.0. The molecule has 0 saturated carbocycles. The van der Waals surface area contributed by atoms with Gasteiger partial charge >= 0.3 is 6.18 Å². The molecule has 1 aromatic carbocycles. The van der Waals surface area contributed by atoms with Crippen LogP contribution in [0, 0.1) is 0 Å². The van der Waals surface area contributed by atoms with Crippen LogP contribution in [0.25, 0.3) is 0 Å². The number of likely N-dealkylation sites (tertiary alicyclic amines) is 1. The minimum absolute atomic E-state index is 0.103. The molecule has 0 aromatic heterocycles. The van der Waals surface area contributed by atoms with E-state index >= 15 is 0 Å². The summed E-state index contributed by atoms with van der Waals surface area (Å²) < 4.78 is 38.1. The van der Waals surface area contributed by atoms with Crippen molar-refractivity contribution in [1.29, 1.82) is 0 Å². The maximum Gasteiger partial charge on any atom is 0.417 e. The van der Waals surface area contributed by atoms with Crippen molar-refractivity contribution >= 4 is 21.8 Å². The Labute approximate surface area is 136 Å². The highest BCUT2D eigenvalue weighted by molar-refractivity contribution is 9.10. The van der Waals surface area contributed by atoms with Gasteiger partial charge in [0.1, 0.15) is 0 Å². The number of benzene rings is 1. The third-order valence-electron chi connectivity index (χ3n) is 4.00. The molecule has 1 saturated heterocycles. The molecule has 0 unspecified atom stereocenters. The predicted molar refractivity (Wildman–Crippen MR) is 81.8 cm³/mol. The normalized spacial score (nSPS) is 17.1. The lowest BCUT2D eigenvalue weighted by Gasteiger charge is -2.35. The van der Waals surface area contributed by atoms with Crippen molar-refractivity contribution in [3.63, 3.8) is 0 Å². The molecule has 0 atom stereocenters. The summed E-state index contributed by atoms with van der Waals surface area (Å²) in [5, 5.41) is 0. The number of piperidine rings is 1. The van der Waals surface area contributed by atoms with Crippen LogP contribution < -0.4 is 0 Å². The van der Waals surface area contributed by atoms with Crippen molar-refractivity contribution in [2.24, 2.45) is 0 Å². The van der Waals surface area contributed by atoms with E-state index in [2.05, 4.69) is 20.8 Å². The summed E-state index contributed by atoms with van der Waals surface area (Å²) >= 11 is 2.91. The quantitative estimate of drug-likeness (QED) is 0.784. The van der Waals surface area contributed by atoms with Gasteiger partial charge in [0.2, 0.25) is 0 Å². The number of carbonyl (C=O) groups is 1. The molecule has 0 radical (unpaired) electrons. The summed E-state index contributed by atoms with van der Waals surface area (Å²) in [7, 11) is 4.02. The molecule has 0 aliphatic carbocycles. The number of halogens is 4. The van der Waals surface area contributed by atoms with Gasteiger partial charge in [-0.15, -0.1) is 0 Å². The molecule has 0 bridgehead atoms. The van der Waals surface area contributed by atoms with E-state index in [0.717, 1.165) is 18.9 Å². The molecule has 122 valence electrons. The topological polar surface area (TPSA) is 23.6 Å². The van der Waals surface area contributed by atoms with Crippen LogP contribution >= 0.6 is 15.9 Å². The Bertz CT molecular complexity index is 552. The average molecular weight is 379 g/mol. The van der Waals surface area contributed by atoms with Crippen molar-refractivity contribution in [3.8, 4) is 0 Å². The Morgan fingerprint density at radius 2 is 1.86 bits per heavy atom. The smallest absolute Gasteiger partial charge is 0.339 e. The zero-order valence-electron chi connectivity index (χ0n) is 12.5. The highest BCUT2D eigenvalue weighted by atomic mass is 79.9. The largest absolute Gasteiger partial charge is 0.417 e. The molecular formula is C15H18BrF3N2O. The Morgan fingerprint density at radius 1 is 1.27 bits per heavy atom. The fraction of sp³-hybridized carbons (Fsp3) is 0.533. The van der Waals surface area contributed by atoms with Crippen LogP contribution in [-0.2, 0) is 6.18 Å². The monoisotopic (exact) mass is 378 g/mol. The number of hydrogen-bond donors (Lipinski definition) is 0. The predicted octanol–water partition coefficient (Wildman–Crippen LogP) is 3.63. The highest BCUT2D eigenvalue weighted by Crippen LogP contribution is 2.35. The second-order valence-corrected chi connectivity index (χ2v) is 6.53. The van der Waals surface area contributed by atoms with Gasteiger partial charge in [-0.1, -0.05) is 15.9 Å². The molecule has 1 aliphatic heterocycles. The van der Waals surface area contributed by atoms with Crippen LogP contribution in [0.5, 0.6) is 0 Å². The number of hydrogen-bond acceptors (Lipinski definition) is 2. The summed E-state index contributed by atoms with van der Waals surface area (Å²) in [6.07, 6.45) is -2.68. The molecule has 1 fully saturated rings. The van der Waals surface area contributed by atoms with E-state index in [-0.39, 0.29) is 15.9 Å². The van der Waals surface area contributed by atoms with Crippen LogP contribution in [-0.4, -0.2) is 48.9 Å². The molecule has 2 rings (SSSR count). The van der Waals surface area contributed by atoms with E-state index in [1.807, 2.05) is 14.1 Å². The van der Waals surface area contributed by atoms with Crippen molar-refractivity contribution in [2.75, 3.05) is 27.2 Å². The standard InChI is InChI=1S/C15H18BrF3N2O/c1-20(2)11-5-7-21(8-6-11)14(22)10-3-4-12(13(16)9-10)15(17,18)19/h3-4,9,11H,5-8H2,1-2H3. The minimum atomic E-state index is -4.43. The van der Waals surface area contributed by atoms with Crippen LogP contribution in [0.2, 0.25) is 0 Å². The van der Waals surface area contributed by atoms with E-state index in [9.17, 15) is 18.0 Å². The second kappa shape index (κ2) is 6.58. The summed E-state index contributed by atoms with van der Waals surface area (Å²) in [6.45, 7) is 1.25. The molecule has 0 spiro atoms. The molecule has 0 N–H and O–H groups in total. The first kappa shape index (κ1) is 17.3. The van der Waals surface area contributed by atoms with Gasteiger partial charge in [0.05, 0.1) is 5.56 Å². The van der Waals surface area contributed by atoms with Gasteiger partial charge in [-0.3, -0.25) is 4.79 Å². The van der Waals surface area contributed by atoms with Crippen molar-refractivity contribution in [3.05, 3.63) is 33.8 Å². The number of carbonyl (C=O) groups excluding carboxylic acids is 1. The molecule has 3 nitrogen and oxygen atoms in total. The Morgan fingerprint density at radius 3 is 2.32 bits per heavy atom. The third kappa shape index (κ3) is 3.81. The number of amides is 1. The molecule has 1 aliphatic rings. The average Bonchev–Trinajstić information content (AvgIpc) is 2.45. The van der Waals surface area contributed by atoms with Gasteiger partial charge in [0.25, 0.3) is 5.91 Å². The zero-order chi connectivity index (χ0) is 16.5. The van der Waals surface area contributed by atoms with E-state index in [4.69, 9.17) is 0 Å². The third-order valence-corrected chi connectivity index (χ3v) is 4.66. The molecule has 1 amide bonds. The maximum atomic E-state index is 12.7. The first-order chi connectivity index (χ1) is 10.2. The number of rotatable bonds is 2. The molecule has 22 heavy (non-hydrogen) atoms. The summed E-state index contributed by atoms with van der Waals surface area (Å²) in [6, 6.07) is 3.89. The van der Waals surface area contributed by atoms with Gasteiger partial charge in [0, 0.05) is 29.2 Å². The summed E-state index contributed by atoms with van der Waals surface area (Å²) in [4.78, 5) is 16.2. The van der Waals surface area contributed by atoms with Crippen LogP contribution in [0.15, 0.2) is 22.7 Å². The molecule has 7 heteroatoms. The number of nitrogens with zero attached hydrogens (tertiary/aromatic N) is 2. The second-order valence-electron chi connectivity index (χ2n) is 5.68. The summed E-state index contributed by atoms with van der Waals surface area (Å²) in [5.74, 6) is -0.216. The number of alkyl halides is 3. The molecular weight excluding hydrogens is 361 g/mol. The minimum Gasteiger partial charge on any atom is -0.339 e. The Hall–Kier alpha value is -1.08. The SMILES string of the molecule is CN(C)C1CCN(C(=O)c2ccc(C(F)(F)F)c(Br)c2)CC1. The Kier molecular flexibility index (Phi) is 5.17. The lowest BCUT2D eigenvalue weighted by Crippen LogP contribution is -2.44. The van der Waals surface area contributed by atoms with Gasteiger partial charge in [-0.25, -0.2) is 0 Å². The fourth-order valence-corrected chi connectivity index (χ4v) is 3.25. The van der Waals surface area contributed by atoms with Gasteiger partial charge < -0.3 is 9.80 Å². The van der Waals surface area contributed by atoms with Crippen molar-refractivity contribution < 1.29 is 18.0 Å². The van der Waals surface area contributed by atoms with Crippen molar-refractivity contribution in [1.82, 2.24) is 9.80 Å². The Balaban J connectivity index is 2.10. The van der Waals surface area contributed by atoms with Gasteiger partial charge in [0.15, 0.2) is 0 Å². The first-order valence-electron chi connectivity index (χ1n) is 7.02. The molecule has 1 heterocycles. The lowest BCUT2D eigenvalue weighted by molar-refractivity contribution is -0.138. The van der Waals surface area contributed by atoms with Crippen molar-refractivity contribution in [2.45, 2.75) is 25.1 Å². The van der Waals surface area contributed by atoms with E-state index in [0.29, 0.717) is 19.1 Å². The van der Waals surface area contributed by atoms with Crippen LogP contribution in [0.1, 0.15) is 28.8 Å².